The number of rotatable bonds is 5. The number of ketones is 1. The molecular weight excluding hydrogens is 410 g/mol. The van der Waals surface area contributed by atoms with Crippen molar-refractivity contribution < 1.29 is 27.7 Å². The first kappa shape index (κ1) is 24.9. The highest BCUT2D eigenvalue weighted by atomic mass is 28.4. The second-order valence-electron chi connectivity index (χ2n) is 9.86. The maximum atomic E-state index is 13.0. The maximum Gasteiger partial charge on any atom is 0.608 e. The normalized spacial score (nSPS) is 20.4. The van der Waals surface area contributed by atoms with E-state index in [2.05, 4.69) is 26.2 Å². The van der Waals surface area contributed by atoms with Gasteiger partial charge >= 0.3 is 26.2 Å². The lowest BCUT2D eigenvalue weighted by Gasteiger charge is -2.18. The van der Waals surface area contributed by atoms with E-state index in [1.807, 2.05) is 13.0 Å². The summed E-state index contributed by atoms with van der Waals surface area (Å²) in [6, 6.07) is 3.30. The molecule has 0 radical (unpaired) electrons. The predicted molar refractivity (Wildman–Crippen MR) is 126 cm³/mol. The van der Waals surface area contributed by atoms with Gasteiger partial charge in [0.2, 0.25) is 0 Å². The van der Waals surface area contributed by atoms with E-state index < -0.39 is 20.0 Å². The van der Waals surface area contributed by atoms with Gasteiger partial charge in [0.15, 0.2) is 0 Å². The van der Waals surface area contributed by atoms with Gasteiger partial charge in [-0.2, -0.15) is 4.79 Å². The van der Waals surface area contributed by atoms with Crippen LogP contribution in [-0.2, 0) is 8.85 Å². The van der Waals surface area contributed by atoms with Crippen molar-refractivity contribution in [3.63, 3.8) is 0 Å². The van der Waals surface area contributed by atoms with Crippen LogP contribution < -0.4 is 0 Å². The molecule has 0 fully saturated rings. The minimum Gasteiger partial charge on any atom is -0.462 e. The molecule has 0 saturated carbocycles. The van der Waals surface area contributed by atoms with Crippen molar-refractivity contribution >= 4 is 32.0 Å². The molecule has 1 amide bonds. The quantitative estimate of drug-likeness (QED) is 0.141. The zero-order valence-corrected chi connectivity index (χ0v) is 20.9. The summed E-state index contributed by atoms with van der Waals surface area (Å²) in [6.07, 6.45) is 5.58. The molecule has 0 aliphatic heterocycles. The number of aliphatic hydroxyl groups is 1. The van der Waals surface area contributed by atoms with Gasteiger partial charge in [-0.15, -0.1) is 6.58 Å². The number of carbonyl (C=O) groups excluding carboxylic acids is 2. The van der Waals surface area contributed by atoms with E-state index in [1.165, 1.54) is 6.26 Å². The number of allylic oxidation sites excluding steroid dienone is 2. The maximum absolute atomic E-state index is 13.0. The van der Waals surface area contributed by atoms with Gasteiger partial charge in [0.05, 0.1) is 24.3 Å². The average molecular weight is 448 g/mol. The fourth-order valence-corrected chi connectivity index (χ4v) is 4.61. The largest absolute Gasteiger partial charge is 0.608 e. The first-order valence-corrected chi connectivity index (χ1v) is 14.2. The molecule has 1 aromatic heterocycles. The predicted octanol–water partition coefficient (Wildman–Crippen LogP) is 6.45. The Morgan fingerprint density at radius 2 is 2.10 bits per heavy atom. The smallest absolute Gasteiger partial charge is 0.462 e. The molecule has 1 N–H and O–H groups in total. The Morgan fingerprint density at radius 3 is 2.61 bits per heavy atom. The number of hydrogen-bond acceptors (Lipinski definition) is 3. The number of hydrogen-bond donors (Lipinski definition) is 1. The molecule has 0 saturated heterocycles. The third kappa shape index (κ3) is 6.79. The second kappa shape index (κ2) is 9.81. The summed E-state index contributed by atoms with van der Waals surface area (Å²) in [5, 5.41) is 11.4. The van der Waals surface area contributed by atoms with E-state index >= 15 is 0 Å². The molecule has 1 aliphatic rings. The van der Waals surface area contributed by atoms with Crippen molar-refractivity contribution in [1.29, 1.82) is 0 Å². The van der Waals surface area contributed by atoms with E-state index in [9.17, 15) is 9.90 Å². The average Bonchev–Trinajstić information content (AvgIpc) is 3.08. The van der Waals surface area contributed by atoms with E-state index in [-0.39, 0.29) is 17.7 Å². The Bertz CT molecular complexity index is 895. The molecule has 31 heavy (non-hydrogen) atoms. The van der Waals surface area contributed by atoms with Gasteiger partial charge < -0.3 is 18.4 Å². The number of aliphatic hydroxyl groups excluding tert-OH is 1. The third-order valence-electron chi connectivity index (χ3n) is 4.85. The van der Waals surface area contributed by atoms with E-state index in [0.29, 0.717) is 12.8 Å². The molecule has 0 spiro atoms. The Morgan fingerprint density at radius 1 is 1.42 bits per heavy atom. The van der Waals surface area contributed by atoms with Crippen molar-refractivity contribution in [2.45, 2.75) is 78.6 Å². The van der Waals surface area contributed by atoms with Crippen LogP contribution in [0, 0.1) is 5.92 Å². The number of ether oxygens (including phenoxy) is 1. The van der Waals surface area contributed by atoms with Gasteiger partial charge in [0, 0.05) is 19.6 Å². The van der Waals surface area contributed by atoms with Gasteiger partial charge in [0.1, 0.15) is 11.5 Å². The van der Waals surface area contributed by atoms with Crippen LogP contribution >= 0.6 is 0 Å². The first-order chi connectivity index (χ1) is 14.3. The van der Waals surface area contributed by atoms with Gasteiger partial charge in [-0.1, -0.05) is 6.08 Å². The molecule has 6 nitrogen and oxygen atoms in total. The molecule has 7 heteroatoms. The highest BCUT2D eigenvalue weighted by molar-refractivity contribution is 6.67. The number of carbonyl (C=O) groups is 1. The zero-order valence-electron chi connectivity index (χ0n) is 19.9. The summed E-state index contributed by atoms with van der Waals surface area (Å²) in [4.78, 5) is 13.0. The molecule has 1 aromatic rings. The minimum absolute atomic E-state index is 0.0995. The van der Waals surface area contributed by atoms with Crippen molar-refractivity contribution in [3.05, 3.63) is 42.2 Å². The van der Waals surface area contributed by atoms with Crippen LogP contribution in [0.2, 0.25) is 19.6 Å². The standard InChI is InChI=1S/C24H36NO5Si/c1-9-12-18-17(2)19(13-10-14-20(18)30-31(6,7)8)22(26)25(21-15-11-16-28-21)23(27)29-24(3,4)5/h9,11,15-16,19H,1,10,12-14H2,2-8H3/q+1/p+1. The SMILES string of the molecule is C=CCC1=C(C)C(/C(O)=[N+](/C(=O)OC(C)(C)C)c2ccco2)CCCC1=[O+][Si](C)(C)C. The summed E-state index contributed by atoms with van der Waals surface area (Å²) in [6.45, 7) is 17.7. The van der Waals surface area contributed by atoms with Crippen LogP contribution in [0.15, 0.2) is 46.6 Å². The third-order valence-corrected chi connectivity index (χ3v) is 5.71. The van der Waals surface area contributed by atoms with E-state index in [0.717, 1.165) is 34.3 Å². The van der Waals surface area contributed by atoms with Crippen LogP contribution in [0.5, 0.6) is 0 Å². The summed E-state index contributed by atoms with van der Waals surface area (Å²) in [7, 11) is -1.80. The van der Waals surface area contributed by atoms with Crippen molar-refractivity contribution in [2.24, 2.45) is 5.92 Å². The molecule has 0 aromatic carbocycles. The fraction of sp³-hybridized carbons (Fsp3) is 0.542. The first-order valence-electron chi connectivity index (χ1n) is 10.8. The van der Waals surface area contributed by atoms with Crippen LogP contribution in [0.25, 0.3) is 0 Å². The summed E-state index contributed by atoms with van der Waals surface area (Å²) >= 11 is 0. The molecule has 2 rings (SSSR count). The zero-order chi connectivity index (χ0) is 23.4. The molecule has 1 heterocycles. The van der Waals surface area contributed by atoms with Crippen molar-refractivity contribution in [1.82, 2.24) is 0 Å². The molecule has 170 valence electrons. The molecular formula is C24H37NO5Si+2. The van der Waals surface area contributed by atoms with E-state index in [4.69, 9.17) is 13.3 Å². The summed E-state index contributed by atoms with van der Waals surface area (Å²) in [5.41, 5.74) is 1.31. The summed E-state index contributed by atoms with van der Waals surface area (Å²) in [5.74, 6) is 0.734. The Labute approximate surface area is 186 Å². The van der Waals surface area contributed by atoms with Gasteiger partial charge in [-0.25, -0.2) is 0 Å². The van der Waals surface area contributed by atoms with Crippen molar-refractivity contribution in [3.8, 4) is 0 Å². The van der Waals surface area contributed by atoms with Crippen LogP contribution in [0.3, 0.4) is 0 Å². The number of nitrogens with zero attached hydrogens (tertiary/aromatic N) is 1. The molecule has 1 aliphatic carbocycles. The summed E-state index contributed by atoms with van der Waals surface area (Å²) < 4.78 is 18.5. The number of furan rings is 1. The van der Waals surface area contributed by atoms with E-state index in [1.54, 1.807) is 32.9 Å². The van der Waals surface area contributed by atoms with Gasteiger partial charge in [-0.05, 0) is 63.2 Å². The van der Waals surface area contributed by atoms with Crippen LogP contribution in [-0.4, -0.2) is 41.4 Å². The topological polar surface area (TPSA) is 74.0 Å². The minimum atomic E-state index is -1.80. The molecule has 1 unspecified atom stereocenters. The highest BCUT2D eigenvalue weighted by Gasteiger charge is 2.42. The molecule has 0 bridgehead atoms. The van der Waals surface area contributed by atoms with Gasteiger partial charge in [-0.3, -0.25) is 0 Å². The second-order valence-corrected chi connectivity index (χ2v) is 14.3. The van der Waals surface area contributed by atoms with Gasteiger partial charge in [0.25, 0.3) is 5.78 Å². The van der Waals surface area contributed by atoms with Crippen molar-refractivity contribution in [2.75, 3.05) is 0 Å². The number of amides is 1. The lowest BCUT2D eigenvalue weighted by molar-refractivity contribution is -0.391. The molecule has 1 atom stereocenters. The lowest BCUT2D eigenvalue weighted by Crippen LogP contribution is -2.34. The monoisotopic (exact) mass is 447 g/mol. The fourth-order valence-electron chi connectivity index (χ4n) is 3.65. The van der Waals surface area contributed by atoms with Crippen LogP contribution in [0.4, 0.5) is 10.7 Å². The Hall–Kier alpha value is -2.41. The Balaban J connectivity index is 2.65. The Kier molecular flexibility index (Phi) is 7.86. The van der Waals surface area contributed by atoms with Crippen LogP contribution in [0.1, 0.15) is 53.4 Å². The lowest BCUT2D eigenvalue weighted by atomic mass is 9.92. The highest BCUT2D eigenvalue weighted by Crippen LogP contribution is 2.31.